The summed E-state index contributed by atoms with van der Waals surface area (Å²) in [5, 5.41) is 13.9. The number of fused-ring (bicyclic) bond motifs is 2. The van der Waals surface area contributed by atoms with Crippen molar-refractivity contribution in [1.82, 2.24) is 23.9 Å². The van der Waals surface area contributed by atoms with Crippen LogP contribution in [0.25, 0.3) is 16.6 Å². The Bertz CT molecular complexity index is 2980. The first-order chi connectivity index (χ1) is 31.9. The van der Waals surface area contributed by atoms with Gasteiger partial charge in [0, 0.05) is 92.2 Å². The molecule has 19 heteroatoms. The molecule has 0 saturated carbocycles. The summed E-state index contributed by atoms with van der Waals surface area (Å²) in [7, 11) is -8.01. The predicted octanol–water partition coefficient (Wildman–Crippen LogP) is 8.04. The number of allylic oxidation sites excluding steroid dienone is 1. The van der Waals surface area contributed by atoms with E-state index in [9.17, 15) is 31.7 Å². The lowest BCUT2D eigenvalue weighted by Gasteiger charge is -2.39. The summed E-state index contributed by atoms with van der Waals surface area (Å²) in [5.41, 5.74) is 5.45. The van der Waals surface area contributed by atoms with Crippen molar-refractivity contribution in [2.75, 3.05) is 63.6 Å². The molecule has 1 amide bonds. The van der Waals surface area contributed by atoms with Gasteiger partial charge in [-0.1, -0.05) is 43.2 Å². The molecule has 2 aromatic heterocycles. The van der Waals surface area contributed by atoms with Crippen LogP contribution < -0.4 is 19.1 Å². The third-order valence-corrected chi connectivity index (χ3v) is 16.7. The standard InChI is InChI=1S/C48H54ClN7O9S2/c1-48(2)14-10-34(42(27-48)32-4-6-36(49)7-5-32)29-53-18-20-54(21-19-53)37-8-9-40(45(24-37)65-38-22-33-11-15-50-46(33)51-28-38)47(57)52-67(62,63)39-25-43(56(58)59)41-23-35(30-64-44(41)26-39)31-12-16-55(17-13-31)66(3,60)61/h4-9,11,15,22,24-26,28,31,35H,10,12-14,16-21,23,27,29-30H2,1-3H3,(H,50,51)(H,52,57)/t35-/m0/s1. The minimum atomic E-state index is -4.69. The van der Waals surface area contributed by atoms with E-state index in [0.717, 1.165) is 61.1 Å². The molecule has 1 atom stereocenters. The van der Waals surface area contributed by atoms with Gasteiger partial charge < -0.3 is 19.4 Å². The molecule has 0 bridgehead atoms. The number of ether oxygens (including phenoxy) is 2. The molecule has 2 fully saturated rings. The van der Waals surface area contributed by atoms with Crippen molar-refractivity contribution >= 4 is 65.5 Å². The third-order valence-electron chi connectivity index (χ3n) is 13.8. The number of pyridine rings is 1. The number of aromatic nitrogens is 2. The summed E-state index contributed by atoms with van der Waals surface area (Å²) < 4.78 is 68.0. The maximum absolute atomic E-state index is 14.1. The van der Waals surface area contributed by atoms with Gasteiger partial charge in [-0.15, -0.1) is 0 Å². The number of anilines is 1. The van der Waals surface area contributed by atoms with Crippen molar-refractivity contribution in [3.8, 4) is 17.2 Å². The number of amides is 1. The molecule has 5 heterocycles. The van der Waals surface area contributed by atoms with Crippen molar-refractivity contribution in [2.45, 2.75) is 57.3 Å². The zero-order chi connectivity index (χ0) is 47.3. The average Bonchev–Trinajstić information content (AvgIpc) is 3.77. The molecule has 0 spiro atoms. The number of piperidine rings is 1. The Labute approximate surface area is 395 Å². The molecule has 0 unspecified atom stereocenters. The minimum absolute atomic E-state index is 0.0504. The van der Waals surface area contributed by atoms with E-state index in [-0.39, 0.29) is 52.9 Å². The Morgan fingerprint density at radius 2 is 1.73 bits per heavy atom. The maximum atomic E-state index is 14.1. The van der Waals surface area contributed by atoms with Crippen molar-refractivity contribution in [1.29, 1.82) is 0 Å². The van der Waals surface area contributed by atoms with E-state index in [1.165, 1.54) is 45.6 Å². The summed E-state index contributed by atoms with van der Waals surface area (Å²) in [6.07, 6.45) is 9.00. The van der Waals surface area contributed by atoms with Crippen LogP contribution in [-0.4, -0.2) is 106 Å². The van der Waals surface area contributed by atoms with Crippen molar-refractivity contribution in [3.05, 3.63) is 117 Å². The van der Waals surface area contributed by atoms with Crippen LogP contribution in [-0.2, 0) is 26.5 Å². The van der Waals surface area contributed by atoms with Crippen molar-refractivity contribution in [2.24, 2.45) is 17.3 Å². The number of sulfonamides is 2. The molecule has 0 radical (unpaired) electrons. The summed E-state index contributed by atoms with van der Waals surface area (Å²) in [6, 6.07) is 18.9. The molecule has 2 saturated heterocycles. The number of nitro benzene ring substituents is 1. The number of carbonyl (C=O) groups is 1. The fourth-order valence-corrected chi connectivity index (χ4v) is 12.0. The molecular weight excluding hydrogens is 918 g/mol. The molecule has 354 valence electrons. The number of rotatable bonds is 12. The van der Waals surface area contributed by atoms with Gasteiger partial charge in [-0.3, -0.25) is 19.8 Å². The van der Waals surface area contributed by atoms with E-state index in [2.05, 4.69) is 50.5 Å². The van der Waals surface area contributed by atoms with Crippen LogP contribution in [0.4, 0.5) is 11.4 Å². The number of hydrogen-bond donors (Lipinski definition) is 2. The molecule has 16 nitrogen and oxygen atoms in total. The van der Waals surface area contributed by atoms with Crippen molar-refractivity contribution in [3.63, 3.8) is 0 Å². The molecule has 67 heavy (non-hydrogen) atoms. The van der Waals surface area contributed by atoms with Gasteiger partial charge in [0.1, 0.15) is 22.9 Å². The van der Waals surface area contributed by atoms with E-state index in [1.54, 1.807) is 24.4 Å². The van der Waals surface area contributed by atoms with Crippen molar-refractivity contribution < 1.29 is 36.0 Å². The smallest absolute Gasteiger partial charge is 0.277 e. The van der Waals surface area contributed by atoms with Crippen LogP contribution in [0.3, 0.4) is 0 Å². The van der Waals surface area contributed by atoms with E-state index in [1.807, 2.05) is 18.2 Å². The van der Waals surface area contributed by atoms with Gasteiger partial charge in [-0.25, -0.2) is 30.8 Å². The second kappa shape index (κ2) is 18.5. The number of halogens is 1. The lowest BCUT2D eigenvalue weighted by atomic mass is 9.72. The zero-order valence-electron chi connectivity index (χ0n) is 37.7. The highest BCUT2D eigenvalue weighted by Gasteiger charge is 2.37. The van der Waals surface area contributed by atoms with Crippen LogP contribution in [0.1, 0.15) is 67.4 Å². The molecule has 4 aliphatic rings. The minimum Gasteiger partial charge on any atom is -0.493 e. The number of nitrogens with zero attached hydrogens (tertiary/aromatic N) is 5. The van der Waals surface area contributed by atoms with Crippen LogP contribution in [0, 0.1) is 27.4 Å². The summed E-state index contributed by atoms with van der Waals surface area (Å²) in [5.74, 6) is -0.588. The molecule has 3 aliphatic heterocycles. The van der Waals surface area contributed by atoms with Gasteiger partial charge in [0.05, 0.1) is 40.0 Å². The summed E-state index contributed by atoms with van der Waals surface area (Å²) in [4.78, 5) is 37.5. The molecule has 3 aromatic carbocycles. The van der Waals surface area contributed by atoms with E-state index in [0.29, 0.717) is 50.4 Å². The second-order valence-electron chi connectivity index (χ2n) is 18.9. The molecule has 5 aromatic rings. The average molecular weight is 973 g/mol. The predicted molar refractivity (Wildman–Crippen MR) is 257 cm³/mol. The Hall–Kier alpha value is -5.53. The van der Waals surface area contributed by atoms with Gasteiger partial charge in [-0.05, 0) is 97.4 Å². The third kappa shape index (κ3) is 10.3. The first-order valence-electron chi connectivity index (χ1n) is 22.5. The Kier molecular flexibility index (Phi) is 12.9. The molecule has 1 aliphatic carbocycles. The molecular formula is C48H54ClN7O9S2. The largest absolute Gasteiger partial charge is 0.493 e. The first-order valence-corrected chi connectivity index (χ1v) is 26.3. The Morgan fingerprint density at radius 1 is 0.985 bits per heavy atom. The summed E-state index contributed by atoms with van der Waals surface area (Å²) >= 11 is 6.25. The van der Waals surface area contributed by atoms with Gasteiger partial charge in [0.15, 0.2) is 0 Å². The SMILES string of the molecule is CC1(C)CCC(CN2CCN(c3ccc(C(=O)NS(=O)(=O)c4cc5c(c([N+](=O)[O-])c4)C[C@H](C4CCN(S(C)(=O)=O)CC4)CO5)c(Oc4cnc5[nH]ccc5c4)c3)CC2)=C(c2ccc(Cl)cc2)C1. The quantitative estimate of drug-likeness (QED) is 0.0903. The van der Waals surface area contributed by atoms with Crippen LogP contribution in [0.15, 0.2) is 89.6 Å². The highest BCUT2D eigenvalue weighted by molar-refractivity contribution is 7.90. The van der Waals surface area contributed by atoms with Gasteiger partial charge >= 0.3 is 0 Å². The lowest BCUT2D eigenvalue weighted by molar-refractivity contribution is -0.386. The fraction of sp³-hybridized carbons (Fsp3) is 0.417. The highest BCUT2D eigenvalue weighted by Crippen LogP contribution is 2.44. The number of nitrogens with one attached hydrogen (secondary N) is 2. The fourth-order valence-electron chi connectivity index (χ4n) is 9.97. The normalized spacial score (nSPS) is 19.8. The number of hydrogen-bond acceptors (Lipinski definition) is 12. The number of aromatic amines is 1. The topological polar surface area (TPSA) is 197 Å². The Balaban J connectivity index is 0.932. The van der Waals surface area contributed by atoms with Gasteiger partial charge in [0.2, 0.25) is 10.0 Å². The van der Waals surface area contributed by atoms with Crippen LogP contribution >= 0.6 is 11.6 Å². The lowest BCUT2D eigenvalue weighted by Crippen LogP contribution is -2.47. The highest BCUT2D eigenvalue weighted by atomic mass is 35.5. The Morgan fingerprint density at radius 3 is 2.45 bits per heavy atom. The van der Waals surface area contributed by atoms with E-state index >= 15 is 0 Å². The molecule has 2 N–H and O–H groups in total. The molecule has 9 rings (SSSR count). The number of piperazine rings is 1. The number of benzene rings is 3. The van der Waals surface area contributed by atoms with Gasteiger partial charge in [-0.2, -0.15) is 0 Å². The number of carbonyl (C=O) groups excluding carboxylic acids is 1. The zero-order valence-corrected chi connectivity index (χ0v) is 40.1. The maximum Gasteiger partial charge on any atom is 0.277 e. The number of H-pyrrole nitrogens is 1. The summed E-state index contributed by atoms with van der Waals surface area (Å²) in [6.45, 7) is 9.40. The van der Waals surface area contributed by atoms with E-state index < -0.39 is 41.5 Å². The second-order valence-corrected chi connectivity index (χ2v) is 23.0. The van der Waals surface area contributed by atoms with E-state index in [4.69, 9.17) is 21.1 Å². The van der Waals surface area contributed by atoms with Crippen LogP contribution in [0.5, 0.6) is 17.2 Å². The van der Waals surface area contributed by atoms with Gasteiger partial charge in [0.25, 0.3) is 21.6 Å². The number of nitro groups is 1. The monoisotopic (exact) mass is 971 g/mol. The first kappa shape index (κ1) is 46.6. The van der Waals surface area contributed by atoms with Crippen LogP contribution in [0.2, 0.25) is 5.02 Å².